The molecule has 1 aromatic rings. The quantitative estimate of drug-likeness (QED) is 0.778. The Morgan fingerprint density at radius 1 is 1.48 bits per heavy atom. The summed E-state index contributed by atoms with van der Waals surface area (Å²) in [6, 6.07) is 3.86. The minimum atomic E-state index is -1.39. The summed E-state index contributed by atoms with van der Waals surface area (Å²) < 4.78 is 13.6. The van der Waals surface area contributed by atoms with Crippen molar-refractivity contribution in [2.24, 2.45) is 5.41 Å². The Bertz CT molecular complexity index is 554. The number of hydrogen-bond donors (Lipinski definition) is 3. The molecule has 1 heterocycles. The third kappa shape index (κ3) is 3.05. The molecule has 0 saturated carbocycles. The van der Waals surface area contributed by atoms with Crippen LogP contribution in [0.25, 0.3) is 0 Å². The number of amides is 1. The zero-order chi connectivity index (χ0) is 15.5. The maximum absolute atomic E-state index is 13.6. The molecule has 1 atom stereocenters. The van der Waals surface area contributed by atoms with Crippen LogP contribution < -0.4 is 10.6 Å². The van der Waals surface area contributed by atoms with Crippen molar-refractivity contribution in [3.8, 4) is 0 Å². The Morgan fingerprint density at radius 2 is 2.24 bits per heavy atom. The Kier molecular flexibility index (Phi) is 4.57. The van der Waals surface area contributed by atoms with Gasteiger partial charge in [0.15, 0.2) is 0 Å². The van der Waals surface area contributed by atoms with E-state index in [1.165, 1.54) is 12.1 Å². The number of nitrogens with one attached hydrogen (secondary N) is 2. The van der Waals surface area contributed by atoms with Gasteiger partial charge < -0.3 is 15.7 Å². The molecule has 1 aliphatic rings. The summed E-state index contributed by atoms with van der Waals surface area (Å²) >= 11 is 0. The van der Waals surface area contributed by atoms with Crippen LogP contribution in [0.2, 0.25) is 0 Å². The van der Waals surface area contributed by atoms with E-state index in [0.717, 1.165) is 19.0 Å². The first-order chi connectivity index (χ1) is 10.00. The molecule has 114 valence electrons. The summed E-state index contributed by atoms with van der Waals surface area (Å²) in [5.41, 5.74) is -1.03. The van der Waals surface area contributed by atoms with Crippen molar-refractivity contribution in [1.82, 2.24) is 5.32 Å². The molecule has 6 heteroatoms. The molecule has 1 unspecified atom stereocenters. The molecule has 0 bridgehead atoms. The molecule has 21 heavy (non-hydrogen) atoms. The molecule has 1 fully saturated rings. The first-order valence-electron chi connectivity index (χ1n) is 7.04. The maximum atomic E-state index is 13.6. The fourth-order valence-electron chi connectivity index (χ4n) is 2.84. The molecule has 0 aromatic heterocycles. The van der Waals surface area contributed by atoms with Crippen LogP contribution >= 0.6 is 0 Å². The normalized spacial score (nSPS) is 21.2. The van der Waals surface area contributed by atoms with E-state index in [9.17, 15) is 14.0 Å². The lowest BCUT2D eigenvalue weighted by Crippen LogP contribution is -2.38. The van der Waals surface area contributed by atoms with E-state index >= 15 is 0 Å². The second-order valence-corrected chi connectivity index (χ2v) is 5.38. The number of benzene rings is 1. The number of rotatable bonds is 5. The SMILES string of the molecule is CCCC1(C(=O)Nc2cccc(F)c2C(=O)O)CCNC1. The Hall–Kier alpha value is -1.95. The maximum Gasteiger partial charge on any atom is 0.340 e. The van der Waals surface area contributed by atoms with Gasteiger partial charge in [0.2, 0.25) is 5.91 Å². The van der Waals surface area contributed by atoms with Crippen molar-refractivity contribution in [2.75, 3.05) is 18.4 Å². The lowest BCUT2D eigenvalue weighted by Gasteiger charge is -2.26. The molecule has 5 nitrogen and oxygen atoms in total. The second-order valence-electron chi connectivity index (χ2n) is 5.38. The molecule has 1 aliphatic heterocycles. The number of carboxylic acid groups (broad SMARTS) is 1. The molecule has 3 N–H and O–H groups in total. The van der Waals surface area contributed by atoms with Crippen LogP contribution in [0.4, 0.5) is 10.1 Å². The molecule has 1 aromatic carbocycles. The van der Waals surface area contributed by atoms with Crippen LogP contribution in [0, 0.1) is 11.2 Å². The fourth-order valence-corrected chi connectivity index (χ4v) is 2.84. The minimum Gasteiger partial charge on any atom is -0.478 e. The highest BCUT2D eigenvalue weighted by atomic mass is 19.1. The highest BCUT2D eigenvalue weighted by Gasteiger charge is 2.40. The minimum absolute atomic E-state index is 0.00915. The number of carboxylic acids is 1. The highest BCUT2D eigenvalue weighted by molar-refractivity contribution is 6.02. The van der Waals surface area contributed by atoms with Crippen LogP contribution in [0.1, 0.15) is 36.5 Å². The molecular formula is C15H19FN2O3. The molecule has 1 amide bonds. The first kappa shape index (κ1) is 15.4. The number of carbonyl (C=O) groups excluding carboxylic acids is 1. The lowest BCUT2D eigenvalue weighted by atomic mass is 9.81. The average Bonchev–Trinajstić information content (AvgIpc) is 2.88. The number of anilines is 1. The van der Waals surface area contributed by atoms with Gasteiger partial charge in [-0.2, -0.15) is 0 Å². The Labute approximate surface area is 122 Å². The standard InChI is InChI=1S/C15H19FN2O3/c1-2-6-15(7-8-17-9-15)14(21)18-11-5-3-4-10(16)12(11)13(19)20/h3-5,17H,2,6-9H2,1H3,(H,18,21)(H,19,20). The van der Waals surface area contributed by atoms with Crippen molar-refractivity contribution >= 4 is 17.6 Å². The van der Waals surface area contributed by atoms with Gasteiger partial charge in [0.05, 0.1) is 11.1 Å². The summed E-state index contributed by atoms with van der Waals surface area (Å²) in [6.45, 7) is 3.31. The molecule has 1 saturated heterocycles. The molecule has 2 rings (SSSR count). The zero-order valence-electron chi connectivity index (χ0n) is 11.9. The summed E-state index contributed by atoms with van der Waals surface area (Å²) in [4.78, 5) is 23.7. The Balaban J connectivity index is 2.27. The van der Waals surface area contributed by atoms with Crippen LogP contribution in [-0.4, -0.2) is 30.1 Å². The number of halogens is 1. The van der Waals surface area contributed by atoms with Gasteiger partial charge in [-0.15, -0.1) is 0 Å². The van der Waals surface area contributed by atoms with Crippen molar-refractivity contribution in [2.45, 2.75) is 26.2 Å². The van der Waals surface area contributed by atoms with E-state index in [2.05, 4.69) is 10.6 Å². The number of carbonyl (C=O) groups is 2. The van der Waals surface area contributed by atoms with Crippen LogP contribution in [0.15, 0.2) is 18.2 Å². The van der Waals surface area contributed by atoms with E-state index in [0.29, 0.717) is 19.4 Å². The van der Waals surface area contributed by atoms with E-state index in [-0.39, 0.29) is 11.6 Å². The smallest absolute Gasteiger partial charge is 0.340 e. The monoisotopic (exact) mass is 294 g/mol. The van der Waals surface area contributed by atoms with Crippen LogP contribution in [-0.2, 0) is 4.79 Å². The molecule has 0 radical (unpaired) electrons. The van der Waals surface area contributed by atoms with Gasteiger partial charge in [0, 0.05) is 6.54 Å². The number of hydrogen-bond acceptors (Lipinski definition) is 3. The lowest BCUT2D eigenvalue weighted by molar-refractivity contribution is -0.125. The van der Waals surface area contributed by atoms with Gasteiger partial charge >= 0.3 is 5.97 Å². The molecule has 0 spiro atoms. The van der Waals surface area contributed by atoms with Crippen LogP contribution in [0.3, 0.4) is 0 Å². The van der Waals surface area contributed by atoms with Crippen LogP contribution in [0.5, 0.6) is 0 Å². The van der Waals surface area contributed by atoms with Gasteiger partial charge in [-0.1, -0.05) is 19.4 Å². The first-order valence-corrected chi connectivity index (χ1v) is 7.04. The third-order valence-corrected chi connectivity index (χ3v) is 3.93. The predicted octanol–water partition coefficient (Wildman–Crippen LogP) is 2.24. The van der Waals surface area contributed by atoms with Gasteiger partial charge in [0.25, 0.3) is 0 Å². The van der Waals surface area contributed by atoms with E-state index < -0.39 is 22.8 Å². The van der Waals surface area contributed by atoms with Crippen molar-refractivity contribution < 1.29 is 19.1 Å². The van der Waals surface area contributed by atoms with Crippen molar-refractivity contribution in [3.05, 3.63) is 29.6 Å². The topological polar surface area (TPSA) is 78.4 Å². The third-order valence-electron chi connectivity index (χ3n) is 3.93. The molecular weight excluding hydrogens is 275 g/mol. The summed E-state index contributed by atoms with van der Waals surface area (Å²) in [5, 5.41) is 14.9. The number of aromatic carboxylic acids is 1. The van der Waals surface area contributed by atoms with Gasteiger partial charge in [-0.05, 0) is 31.5 Å². The fraction of sp³-hybridized carbons (Fsp3) is 0.467. The summed E-state index contributed by atoms with van der Waals surface area (Å²) in [6.07, 6.45) is 2.26. The predicted molar refractivity (Wildman–Crippen MR) is 76.8 cm³/mol. The molecule has 0 aliphatic carbocycles. The van der Waals surface area contributed by atoms with E-state index in [1.54, 1.807) is 0 Å². The van der Waals surface area contributed by atoms with E-state index in [1.807, 2.05) is 6.92 Å². The largest absolute Gasteiger partial charge is 0.478 e. The average molecular weight is 294 g/mol. The summed E-state index contributed by atoms with van der Waals surface area (Å²) in [5.74, 6) is -2.49. The van der Waals surface area contributed by atoms with Gasteiger partial charge in [-0.3, -0.25) is 4.79 Å². The Morgan fingerprint density at radius 3 is 2.81 bits per heavy atom. The zero-order valence-corrected chi connectivity index (χ0v) is 11.9. The van der Waals surface area contributed by atoms with E-state index in [4.69, 9.17) is 5.11 Å². The summed E-state index contributed by atoms with van der Waals surface area (Å²) in [7, 11) is 0. The van der Waals surface area contributed by atoms with Crippen molar-refractivity contribution in [3.63, 3.8) is 0 Å². The van der Waals surface area contributed by atoms with Gasteiger partial charge in [0.1, 0.15) is 11.4 Å². The van der Waals surface area contributed by atoms with Crippen molar-refractivity contribution in [1.29, 1.82) is 0 Å². The highest BCUT2D eigenvalue weighted by Crippen LogP contribution is 2.33. The van der Waals surface area contributed by atoms with Gasteiger partial charge in [-0.25, -0.2) is 9.18 Å². The second kappa shape index (κ2) is 6.22.